The third-order valence-corrected chi connectivity index (χ3v) is 2.61. The highest BCUT2D eigenvalue weighted by molar-refractivity contribution is 5.27. The lowest BCUT2D eigenvalue weighted by atomic mass is 10.1. The first-order chi connectivity index (χ1) is 8.29. The first kappa shape index (κ1) is 11.7. The molecular formula is C14H16O3. The largest absolute Gasteiger partial charge is 0.493 e. The van der Waals surface area contributed by atoms with Gasteiger partial charge in [0.1, 0.15) is 18.1 Å². The SMILES string of the molecule is Cc1cccc(OCC(CO)c2ccco2)c1. The molecule has 90 valence electrons. The van der Waals surface area contributed by atoms with Crippen molar-refractivity contribution in [3.8, 4) is 5.75 Å². The fourth-order valence-corrected chi connectivity index (χ4v) is 1.65. The fourth-order valence-electron chi connectivity index (χ4n) is 1.65. The summed E-state index contributed by atoms with van der Waals surface area (Å²) in [7, 11) is 0. The van der Waals surface area contributed by atoms with E-state index in [-0.39, 0.29) is 12.5 Å². The molecule has 2 rings (SSSR count). The molecule has 17 heavy (non-hydrogen) atoms. The van der Waals surface area contributed by atoms with E-state index in [9.17, 15) is 5.11 Å². The number of aliphatic hydroxyl groups excluding tert-OH is 1. The lowest BCUT2D eigenvalue weighted by molar-refractivity contribution is 0.190. The molecule has 3 heteroatoms. The fraction of sp³-hybridized carbons (Fsp3) is 0.286. The Bertz CT molecular complexity index is 448. The smallest absolute Gasteiger partial charge is 0.119 e. The summed E-state index contributed by atoms with van der Waals surface area (Å²) < 4.78 is 10.9. The number of furan rings is 1. The van der Waals surface area contributed by atoms with Gasteiger partial charge in [0, 0.05) is 0 Å². The summed E-state index contributed by atoms with van der Waals surface area (Å²) in [6.07, 6.45) is 1.60. The summed E-state index contributed by atoms with van der Waals surface area (Å²) in [6, 6.07) is 11.5. The molecule has 0 aliphatic carbocycles. The average molecular weight is 232 g/mol. The van der Waals surface area contributed by atoms with Crippen molar-refractivity contribution in [3.05, 3.63) is 54.0 Å². The second kappa shape index (κ2) is 5.55. The minimum atomic E-state index is -0.120. The molecule has 0 aliphatic rings. The van der Waals surface area contributed by atoms with Gasteiger partial charge in [-0.25, -0.2) is 0 Å². The van der Waals surface area contributed by atoms with E-state index in [1.807, 2.05) is 43.3 Å². The number of rotatable bonds is 5. The van der Waals surface area contributed by atoms with Crippen LogP contribution in [-0.4, -0.2) is 18.3 Å². The number of benzene rings is 1. The first-order valence-electron chi connectivity index (χ1n) is 5.63. The first-order valence-corrected chi connectivity index (χ1v) is 5.63. The molecule has 1 atom stereocenters. The Kier molecular flexibility index (Phi) is 3.83. The summed E-state index contributed by atoms with van der Waals surface area (Å²) in [5, 5.41) is 9.29. The van der Waals surface area contributed by atoms with Crippen molar-refractivity contribution in [1.29, 1.82) is 0 Å². The second-order valence-corrected chi connectivity index (χ2v) is 4.02. The van der Waals surface area contributed by atoms with Crippen LogP contribution < -0.4 is 4.74 Å². The molecule has 1 N–H and O–H groups in total. The Hall–Kier alpha value is -1.74. The third-order valence-electron chi connectivity index (χ3n) is 2.61. The molecule has 0 aliphatic heterocycles. The van der Waals surface area contributed by atoms with Gasteiger partial charge in [-0.3, -0.25) is 0 Å². The summed E-state index contributed by atoms with van der Waals surface area (Å²) in [5.74, 6) is 1.45. The Morgan fingerprint density at radius 3 is 2.82 bits per heavy atom. The van der Waals surface area contributed by atoms with Gasteiger partial charge in [0.2, 0.25) is 0 Å². The Labute approximate surface area is 101 Å². The van der Waals surface area contributed by atoms with Crippen LogP contribution in [0.25, 0.3) is 0 Å². The van der Waals surface area contributed by atoms with Gasteiger partial charge in [0.25, 0.3) is 0 Å². The van der Waals surface area contributed by atoms with Crippen molar-refractivity contribution < 1.29 is 14.3 Å². The summed E-state index contributed by atoms with van der Waals surface area (Å²) in [4.78, 5) is 0. The zero-order valence-electron chi connectivity index (χ0n) is 9.80. The van der Waals surface area contributed by atoms with E-state index < -0.39 is 0 Å². The van der Waals surface area contributed by atoms with Crippen LogP contribution in [0.15, 0.2) is 47.1 Å². The normalized spacial score (nSPS) is 12.4. The van der Waals surface area contributed by atoms with Crippen LogP contribution in [0.3, 0.4) is 0 Å². The Morgan fingerprint density at radius 2 is 2.18 bits per heavy atom. The molecule has 1 heterocycles. The van der Waals surface area contributed by atoms with E-state index in [2.05, 4.69) is 0 Å². The van der Waals surface area contributed by atoms with Gasteiger partial charge in [-0.2, -0.15) is 0 Å². The molecular weight excluding hydrogens is 216 g/mol. The summed E-state index contributed by atoms with van der Waals surface area (Å²) in [5.41, 5.74) is 1.15. The molecule has 1 aromatic carbocycles. The molecule has 0 amide bonds. The molecule has 0 saturated heterocycles. The minimum absolute atomic E-state index is 0.0132. The highest BCUT2D eigenvalue weighted by atomic mass is 16.5. The van der Waals surface area contributed by atoms with Crippen LogP contribution in [0.5, 0.6) is 5.75 Å². The number of hydrogen-bond donors (Lipinski definition) is 1. The molecule has 1 unspecified atom stereocenters. The summed E-state index contributed by atoms with van der Waals surface area (Å²) >= 11 is 0. The van der Waals surface area contributed by atoms with Crippen LogP contribution in [0.2, 0.25) is 0 Å². The van der Waals surface area contributed by atoms with Crippen LogP contribution in [-0.2, 0) is 0 Å². The van der Waals surface area contributed by atoms with Gasteiger partial charge in [-0.1, -0.05) is 12.1 Å². The third kappa shape index (κ3) is 3.11. The highest BCUT2D eigenvalue weighted by Gasteiger charge is 2.14. The van der Waals surface area contributed by atoms with Crippen molar-refractivity contribution in [2.45, 2.75) is 12.8 Å². The number of ether oxygens (including phenoxy) is 1. The highest BCUT2D eigenvalue weighted by Crippen LogP contribution is 2.19. The van der Waals surface area contributed by atoms with Crippen LogP contribution >= 0.6 is 0 Å². The predicted octanol–water partition coefficient (Wildman–Crippen LogP) is 2.74. The molecule has 2 aromatic rings. The maximum Gasteiger partial charge on any atom is 0.119 e. The van der Waals surface area contributed by atoms with E-state index in [1.165, 1.54) is 0 Å². The lowest BCUT2D eigenvalue weighted by Gasteiger charge is -2.13. The van der Waals surface area contributed by atoms with Gasteiger partial charge in [-0.05, 0) is 36.8 Å². The minimum Gasteiger partial charge on any atom is -0.493 e. The predicted molar refractivity (Wildman–Crippen MR) is 65.2 cm³/mol. The lowest BCUT2D eigenvalue weighted by Crippen LogP contribution is -2.13. The maximum absolute atomic E-state index is 9.29. The molecule has 0 fully saturated rings. The molecule has 0 bridgehead atoms. The molecule has 0 saturated carbocycles. The van der Waals surface area contributed by atoms with Crippen LogP contribution in [0, 0.1) is 6.92 Å². The van der Waals surface area contributed by atoms with Crippen molar-refractivity contribution >= 4 is 0 Å². The van der Waals surface area contributed by atoms with Gasteiger partial charge in [-0.15, -0.1) is 0 Å². The molecule has 0 spiro atoms. The monoisotopic (exact) mass is 232 g/mol. The molecule has 3 nitrogen and oxygen atoms in total. The molecule has 0 radical (unpaired) electrons. The topological polar surface area (TPSA) is 42.6 Å². The number of aliphatic hydroxyl groups is 1. The van der Waals surface area contributed by atoms with Crippen molar-refractivity contribution in [2.75, 3.05) is 13.2 Å². The summed E-state index contributed by atoms with van der Waals surface area (Å²) in [6.45, 7) is 2.44. The van der Waals surface area contributed by atoms with E-state index in [0.717, 1.165) is 17.1 Å². The number of hydrogen-bond acceptors (Lipinski definition) is 3. The zero-order chi connectivity index (χ0) is 12.1. The Balaban J connectivity index is 1.97. The van der Waals surface area contributed by atoms with E-state index in [4.69, 9.17) is 9.15 Å². The van der Waals surface area contributed by atoms with Gasteiger partial charge < -0.3 is 14.3 Å². The van der Waals surface area contributed by atoms with Crippen LogP contribution in [0.4, 0.5) is 0 Å². The quantitative estimate of drug-likeness (QED) is 0.861. The van der Waals surface area contributed by atoms with E-state index in [1.54, 1.807) is 6.26 Å². The average Bonchev–Trinajstić information content (AvgIpc) is 2.84. The van der Waals surface area contributed by atoms with Gasteiger partial charge in [0.15, 0.2) is 0 Å². The van der Waals surface area contributed by atoms with Crippen molar-refractivity contribution in [1.82, 2.24) is 0 Å². The second-order valence-electron chi connectivity index (χ2n) is 4.02. The number of aryl methyl sites for hydroxylation is 1. The van der Waals surface area contributed by atoms with Crippen LogP contribution in [0.1, 0.15) is 17.2 Å². The van der Waals surface area contributed by atoms with Gasteiger partial charge in [0.05, 0.1) is 18.8 Å². The molecule has 1 aromatic heterocycles. The van der Waals surface area contributed by atoms with Crippen molar-refractivity contribution in [3.63, 3.8) is 0 Å². The van der Waals surface area contributed by atoms with E-state index >= 15 is 0 Å². The van der Waals surface area contributed by atoms with Gasteiger partial charge >= 0.3 is 0 Å². The van der Waals surface area contributed by atoms with E-state index in [0.29, 0.717) is 6.61 Å². The maximum atomic E-state index is 9.29. The standard InChI is InChI=1S/C14H16O3/c1-11-4-2-5-13(8-11)17-10-12(9-15)14-6-3-7-16-14/h2-8,12,15H,9-10H2,1H3. The van der Waals surface area contributed by atoms with Crippen molar-refractivity contribution in [2.24, 2.45) is 0 Å². The zero-order valence-corrected chi connectivity index (χ0v) is 9.80. The Morgan fingerprint density at radius 1 is 1.29 bits per heavy atom.